The van der Waals surface area contributed by atoms with Crippen molar-refractivity contribution in [3.8, 4) is 5.75 Å². The number of amides is 1. The van der Waals surface area contributed by atoms with Crippen molar-refractivity contribution in [1.29, 1.82) is 0 Å². The SMILES string of the molecule is CC(C)(C)Oc1ccc(CNC(=O)c2ccccn2)cc1. The molecule has 0 saturated heterocycles. The fourth-order valence-electron chi connectivity index (χ4n) is 1.80. The van der Waals surface area contributed by atoms with Crippen molar-refractivity contribution >= 4 is 5.91 Å². The maximum absolute atomic E-state index is 11.9. The Morgan fingerprint density at radius 2 is 1.86 bits per heavy atom. The summed E-state index contributed by atoms with van der Waals surface area (Å²) in [5, 5.41) is 2.84. The molecule has 0 saturated carbocycles. The summed E-state index contributed by atoms with van der Waals surface area (Å²) >= 11 is 0. The lowest BCUT2D eigenvalue weighted by atomic mass is 10.1. The summed E-state index contributed by atoms with van der Waals surface area (Å²) in [4.78, 5) is 15.9. The standard InChI is InChI=1S/C17H20N2O2/c1-17(2,3)21-14-9-7-13(8-10-14)12-19-16(20)15-6-4-5-11-18-15/h4-11H,12H2,1-3H3,(H,19,20). The normalized spacial score (nSPS) is 11.0. The Kier molecular flexibility index (Phi) is 4.58. The van der Waals surface area contributed by atoms with E-state index in [9.17, 15) is 4.79 Å². The number of carbonyl (C=O) groups is 1. The van der Waals surface area contributed by atoms with Crippen molar-refractivity contribution in [2.45, 2.75) is 32.9 Å². The van der Waals surface area contributed by atoms with E-state index in [0.29, 0.717) is 12.2 Å². The zero-order chi connectivity index (χ0) is 15.3. The van der Waals surface area contributed by atoms with Crippen molar-refractivity contribution < 1.29 is 9.53 Å². The summed E-state index contributed by atoms with van der Waals surface area (Å²) < 4.78 is 5.75. The zero-order valence-corrected chi connectivity index (χ0v) is 12.6. The van der Waals surface area contributed by atoms with Gasteiger partial charge in [0.2, 0.25) is 0 Å². The minimum atomic E-state index is -0.214. The number of nitrogens with zero attached hydrogens (tertiary/aromatic N) is 1. The lowest BCUT2D eigenvalue weighted by molar-refractivity contribution is 0.0946. The zero-order valence-electron chi connectivity index (χ0n) is 12.6. The molecule has 1 heterocycles. The summed E-state index contributed by atoms with van der Waals surface area (Å²) in [7, 11) is 0. The van der Waals surface area contributed by atoms with E-state index in [1.54, 1.807) is 24.4 Å². The fraction of sp³-hybridized carbons (Fsp3) is 0.294. The molecule has 1 N–H and O–H groups in total. The highest BCUT2D eigenvalue weighted by Crippen LogP contribution is 2.18. The molecule has 0 aliphatic carbocycles. The molecule has 2 aromatic rings. The summed E-state index contributed by atoms with van der Waals surface area (Å²) in [6.45, 7) is 6.49. The monoisotopic (exact) mass is 284 g/mol. The largest absolute Gasteiger partial charge is 0.488 e. The molecule has 1 aromatic heterocycles. The first kappa shape index (κ1) is 15.0. The Labute approximate surface area is 125 Å². The topological polar surface area (TPSA) is 51.2 Å². The van der Waals surface area contributed by atoms with Gasteiger partial charge in [-0.05, 0) is 50.6 Å². The first-order chi connectivity index (χ1) is 9.94. The van der Waals surface area contributed by atoms with Crippen molar-refractivity contribution in [2.75, 3.05) is 0 Å². The van der Waals surface area contributed by atoms with Gasteiger partial charge in [-0.3, -0.25) is 9.78 Å². The molecule has 0 unspecified atom stereocenters. The number of nitrogens with one attached hydrogen (secondary N) is 1. The maximum atomic E-state index is 11.9. The van der Waals surface area contributed by atoms with Crippen LogP contribution in [0.25, 0.3) is 0 Å². The second-order valence-electron chi connectivity index (χ2n) is 5.76. The molecule has 1 amide bonds. The van der Waals surface area contributed by atoms with Gasteiger partial charge in [0.25, 0.3) is 5.91 Å². The van der Waals surface area contributed by atoms with E-state index in [4.69, 9.17) is 4.74 Å². The van der Waals surface area contributed by atoms with E-state index in [1.165, 1.54) is 0 Å². The van der Waals surface area contributed by atoms with Gasteiger partial charge >= 0.3 is 0 Å². The van der Waals surface area contributed by atoms with E-state index in [2.05, 4.69) is 10.3 Å². The van der Waals surface area contributed by atoms with E-state index in [-0.39, 0.29) is 11.5 Å². The lowest BCUT2D eigenvalue weighted by Gasteiger charge is -2.21. The molecule has 110 valence electrons. The highest BCUT2D eigenvalue weighted by Gasteiger charge is 2.11. The van der Waals surface area contributed by atoms with Crippen molar-refractivity contribution in [3.63, 3.8) is 0 Å². The van der Waals surface area contributed by atoms with Gasteiger partial charge in [-0.25, -0.2) is 0 Å². The van der Waals surface area contributed by atoms with E-state index in [1.807, 2.05) is 45.0 Å². The Hall–Kier alpha value is -2.36. The number of carbonyl (C=O) groups excluding carboxylic acids is 1. The first-order valence-corrected chi connectivity index (χ1v) is 6.91. The van der Waals surface area contributed by atoms with Gasteiger partial charge in [-0.2, -0.15) is 0 Å². The van der Waals surface area contributed by atoms with Crippen LogP contribution in [0.1, 0.15) is 36.8 Å². The number of aromatic nitrogens is 1. The van der Waals surface area contributed by atoms with Crippen molar-refractivity contribution in [3.05, 3.63) is 59.9 Å². The number of rotatable bonds is 4. The van der Waals surface area contributed by atoms with Crippen LogP contribution in [0, 0.1) is 0 Å². The van der Waals surface area contributed by atoms with E-state index in [0.717, 1.165) is 11.3 Å². The maximum Gasteiger partial charge on any atom is 0.270 e. The van der Waals surface area contributed by atoms with Crippen molar-refractivity contribution in [1.82, 2.24) is 10.3 Å². The minimum Gasteiger partial charge on any atom is -0.488 e. The smallest absolute Gasteiger partial charge is 0.270 e. The number of benzene rings is 1. The Balaban J connectivity index is 1.91. The van der Waals surface area contributed by atoms with Crippen LogP contribution in [0.5, 0.6) is 5.75 Å². The fourth-order valence-corrected chi connectivity index (χ4v) is 1.80. The second-order valence-corrected chi connectivity index (χ2v) is 5.76. The van der Waals surface area contributed by atoms with Gasteiger partial charge in [-0.15, -0.1) is 0 Å². The van der Waals surface area contributed by atoms with Gasteiger partial charge in [0, 0.05) is 12.7 Å². The van der Waals surface area contributed by atoms with Crippen LogP contribution >= 0.6 is 0 Å². The van der Waals surface area contributed by atoms with Crippen LogP contribution in [-0.2, 0) is 6.54 Å². The summed E-state index contributed by atoms with van der Waals surface area (Å²) in [5.41, 5.74) is 1.22. The third-order valence-electron chi connectivity index (χ3n) is 2.70. The molecule has 0 fully saturated rings. The lowest BCUT2D eigenvalue weighted by Crippen LogP contribution is -2.24. The van der Waals surface area contributed by atoms with Crippen LogP contribution < -0.4 is 10.1 Å². The third-order valence-corrected chi connectivity index (χ3v) is 2.70. The molecule has 0 aliphatic rings. The van der Waals surface area contributed by atoms with Crippen LogP contribution in [0.2, 0.25) is 0 Å². The quantitative estimate of drug-likeness (QED) is 0.938. The summed E-state index contributed by atoms with van der Waals surface area (Å²) in [5.74, 6) is 0.646. The first-order valence-electron chi connectivity index (χ1n) is 6.91. The summed E-state index contributed by atoms with van der Waals surface area (Å²) in [6, 6.07) is 13.0. The Bertz CT molecular complexity index is 586. The number of hydrogen-bond donors (Lipinski definition) is 1. The molecule has 1 aromatic carbocycles. The number of hydrogen-bond acceptors (Lipinski definition) is 3. The van der Waals surface area contributed by atoms with Gasteiger partial charge < -0.3 is 10.1 Å². The Morgan fingerprint density at radius 3 is 2.43 bits per heavy atom. The molecule has 21 heavy (non-hydrogen) atoms. The molecule has 2 rings (SSSR count). The number of pyridine rings is 1. The molecule has 0 radical (unpaired) electrons. The second kappa shape index (κ2) is 6.39. The Morgan fingerprint density at radius 1 is 1.14 bits per heavy atom. The van der Waals surface area contributed by atoms with Gasteiger partial charge in [0.15, 0.2) is 0 Å². The van der Waals surface area contributed by atoms with Crippen molar-refractivity contribution in [2.24, 2.45) is 0 Å². The molecular weight excluding hydrogens is 264 g/mol. The van der Waals surface area contributed by atoms with Gasteiger partial charge in [-0.1, -0.05) is 18.2 Å². The predicted molar refractivity (Wildman–Crippen MR) is 82.2 cm³/mol. The van der Waals surface area contributed by atoms with Crippen LogP contribution in [0.15, 0.2) is 48.7 Å². The minimum absolute atomic E-state index is 0.175. The van der Waals surface area contributed by atoms with Crippen LogP contribution in [-0.4, -0.2) is 16.5 Å². The molecular formula is C17H20N2O2. The summed E-state index contributed by atoms with van der Waals surface area (Å²) in [6.07, 6.45) is 1.60. The molecule has 4 heteroatoms. The van der Waals surface area contributed by atoms with Crippen LogP contribution in [0.4, 0.5) is 0 Å². The molecule has 0 aliphatic heterocycles. The molecule has 0 spiro atoms. The molecule has 0 bridgehead atoms. The average molecular weight is 284 g/mol. The molecule has 0 atom stereocenters. The molecule has 4 nitrogen and oxygen atoms in total. The van der Waals surface area contributed by atoms with Crippen LogP contribution in [0.3, 0.4) is 0 Å². The highest BCUT2D eigenvalue weighted by atomic mass is 16.5. The van der Waals surface area contributed by atoms with E-state index >= 15 is 0 Å². The average Bonchev–Trinajstić information content (AvgIpc) is 2.45. The third kappa shape index (κ3) is 4.91. The number of ether oxygens (including phenoxy) is 1. The van der Waals surface area contributed by atoms with Gasteiger partial charge in [0.05, 0.1) is 0 Å². The van der Waals surface area contributed by atoms with E-state index < -0.39 is 0 Å². The predicted octanol–water partition coefficient (Wildman–Crippen LogP) is 3.19. The highest BCUT2D eigenvalue weighted by molar-refractivity contribution is 5.92. The van der Waals surface area contributed by atoms with Gasteiger partial charge in [0.1, 0.15) is 17.0 Å².